The van der Waals surface area contributed by atoms with Gasteiger partial charge in [0.25, 0.3) is 0 Å². The second-order valence-electron chi connectivity index (χ2n) is 11.0. The number of likely N-dealkylation sites (tertiary alicyclic amines) is 1. The quantitative estimate of drug-likeness (QED) is 0.414. The number of pyridine rings is 1. The molecule has 0 bridgehead atoms. The summed E-state index contributed by atoms with van der Waals surface area (Å²) in [5, 5.41) is 0. The summed E-state index contributed by atoms with van der Waals surface area (Å²) in [4.78, 5) is 19.1. The molecule has 1 aromatic heterocycles. The summed E-state index contributed by atoms with van der Waals surface area (Å²) in [6, 6.07) is 4.15. The Morgan fingerprint density at radius 1 is 1.32 bits per heavy atom. The number of ether oxygens (including phenoxy) is 4. The summed E-state index contributed by atoms with van der Waals surface area (Å²) in [5.74, 6) is 0.417. The Morgan fingerprint density at radius 3 is 2.65 bits per heavy atom. The maximum atomic E-state index is 12.9. The summed E-state index contributed by atoms with van der Waals surface area (Å²) >= 11 is 0. The maximum Gasteiger partial charge on any atom is 0.410 e. The van der Waals surface area contributed by atoms with Gasteiger partial charge in [-0.3, -0.25) is 4.98 Å². The Morgan fingerprint density at radius 2 is 2.06 bits per heavy atom. The van der Waals surface area contributed by atoms with Crippen LogP contribution < -0.4 is 0 Å². The number of amides is 1. The number of aromatic nitrogens is 1. The van der Waals surface area contributed by atoms with Gasteiger partial charge < -0.3 is 23.8 Å². The SMILES string of the molecule is CO[C@H]1[C@H](C(C)(C)OCC=C(C)C)[C@]2(CC[C@H]1OC(=O)N1CC(Cc3ccc(C)nc3)C1)CO2. The zero-order valence-corrected chi connectivity index (χ0v) is 21.5. The molecule has 7 nitrogen and oxygen atoms in total. The predicted octanol–water partition coefficient (Wildman–Crippen LogP) is 4.32. The Bertz CT molecular complexity index is 883. The summed E-state index contributed by atoms with van der Waals surface area (Å²) < 4.78 is 24.3. The third-order valence-electron chi connectivity index (χ3n) is 7.56. The van der Waals surface area contributed by atoms with Crippen molar-refractivity contribution in [2.24, 2.45) is 11.8 Å². The number of carbonyl (C=O) groups excluding carboxylic acids is 1. The van der Waals surface area contributed by atoms with Gasteiger partial charge in [-0.05, 0) is 71.4 Å². The van der Waals surface area contributed by atoms with Gasteiger partial charge in [-0.2, -0.15) is 0 Å². The number of nitrogens with zero attached hydrogens (tertiary/aromatic N) is 2. The van der Waals surface area contributed by atoms with E-state index in [4.69, 9.17) is 18.9 Å². The Labute approximate surface area is 203 Å². The van der Waals surface area contributed by atoms with Gasteiger partial charge in [0, 0.05) is 38.0 Å². The van der Waals surface area contributed by atoms with E-state index in [0.717, 1.165) is 25.0 Å². The minimum Gasteiger partial charge on any atom is -0.443 e. The van der Waals surface area contributed by atoms with Crippen molar-refractivity contribution in [1.29, 1.82) is 0 Å². The molecule has 1 saturated carbocycles. The molecular formula is C27H40N2O5. The first-order valence-electron chi connectivity index (χ1n) is 12.4. The summed E-state index contributed by atoms with van der Waals surface area (Å²) in [5.41, 5.74) is 2.71. The molecule has 1 spiro atoms. The van der Waals surface area contributed by atoms with Crippen molar-refractivity contribution in [2.45, 2.75) is 77.3 Å². The van der Waals surface area contributed by atoms with Crippen LogP contribution in [0.1, 0.15) is 51.8 Å². The average molecular weight is 473 g/mol. The highest BCUT2D eigenvalue weighted by molar-refractivity contribution is 5.69. The van der Waals surface area contributed by atoms with Crippen LogP contribution in [0.15, 0.2) is 30.0 Å². The number of rotatable bonds is 8. The average Bonchev–Trinajstić information content (AvgIpc) is 3.51. The van der Waals surface area contributed by atoms with Crippen molar-refractivity contribution in [2.75, 3.05) is 33.4 Å². The number of hydrogen-bond donors (Lipinski definition) is 0. The van der Waals surface area contributed by atoms with Gasteiger partial charge in [-0.25, -0.2) is 4.79 Å². The van der Waals surface area contributed by atoms with Crippen LogP contribution in [0.4, 0.5) is 4.79 Å². The maximum absolute atomic E-state index is 12.9. The second kappa shape index (κ2) is 9.96. The molecule has 3 aliphatic rings. The van der Waals surface area contributed by atoms with Crippen LogP contribution in [0, 0.1) is 18.8 Å². The Kier molecular flexibility index (Phi) is 7.36. The lowest BCUT2D eigenvalue weighted by Gasteiger charge is -2.48. The normalized spacial score (nSPS) is 29.0. The minimum absolute atomic E-state index is 0.0275. The lowest BCUT2D eigenvalue weighted by atomic mass is 9.68. The summed E-state index contributed by atoms with van der Waals surface area (Å²) in [6.45, 7) is 13.0. The van der Waals surface area contributed by atoms with E-state index in [-0.39, 0.29) is 29.8 Å². The second-order valence-corrected chi connectivity index (χ2v) is 11.0. The molecule has 4 rings (SSSR count). The molecular weight excluding hydrogens is 432 g/mol. The number of allylic oxidation sites excluding steroid dienone is 1. The lowest BCUT2D eigenvalue weighted by Crippen LogP contribution is -2.60. The number of methoxy groups -OCH3 is 1. The van der Waals surface area contributed by atoms with Gasteiger partial charge in [0.2, 0.25) is 0 Å². The molecule has 0 unspecified atom stereocenters. The molecule has 3 fully saturated rings. The van der Waals surface area contributed by atoms with Crippen molar-refractivity contribution in [3.05, 3.63) is 41.2 Å². The zero-order valence-electron chi connectivity index (χ0n) is 21.5. The van der Waals surface area contributed by atoms with Crippen LogP contribution in [0.25, 0.3) is 0 Å². The molecule has 2 saturated heterocycles. The van der Waals surface area contributed by atoms with Gasteiger partial charge in [0.05, 0.1) is 24.4 Å². The minimum atomic E-state index is -0.488. The van der Waals surface area contributed by atoms with E-state index in [1.54, 1.807) is 12.0 Å². The lowest BCUT2D eigenvalue weighted by molar-refractivity contribution is -0.175. The predicted molar refractivity (Wildman–Crippen MR) is 130 cm³/mol. The van der Waals surface area contributed by atoms with Gasteiger partial charge in [-0.15, -0.1) is 0 Å². The van der Waals surface area contributed by atoms with E-state index >= 15 is 0 Å². The largest absolute Gasteiger partial charge is 0.443 e. The molecule has 1 amide bonds. The molecule has 3 heterocycles. The molecule has 0 aromatic carbocycles. The Balaban J connectivity index is 1.35. The monoisotopic (exact) mass is 472 g/mol. The number of aryl methyl sites for hydroxylation is 1. The van der Waals surface area contributed by atoms with Crippen LogP contribution in [0.5, 0.6) is 0 Å². The molecule has 1 aliphatic carbocycles. The van der Waals surface area contributed by atoms with E-state index in [1.807, 2.05) is 19.2 Å². The molecule has 4 atom stereocenters. The van der Waals surface area contributed by atoms with Crippen LogP contribution in [0.2, 0.25) is 0 Å². The highest BCUT2D eigenvalue weighted by Crippen LogP contribution is 2.52. The fraction of sp³-hybridized carbons (Fsp3) is 0.704. The smallest absolute Gasteiger partial charge is 0.410 e. The highest BCUT2D eigenvalue weighted by Gasteiger charge is 2.64. The number of epoxide rings is 1. The van der Waals surface area contributed by atoms with E-state index in [2.05, 4.69) is 44.8 Å². The van der Waals surface area contributed by atoms with E-state index in [0.29, 0.717) is 32.2 Å². The third-order valence-corrected chi connectivity index (χ3v) is 7.56. The molecule has 2 aliphatic heterocycles. The molecule has 188 valence electrons. The van der Waals surface area contributed by atoms with Crippen molar-refractivity contribution < 1.29 is 23.7 Å². The first kappa shape index (κ1) is 25.1. The van der Waals surface area contributed by atoms with Crippen molar-refractivity contribution in [3.8, 4) is 0 Å². The summed E-state index contributed by atoms with van der Waals surface area (Å²) in [6.07, 6.45) is 5.67. The molecule has 0 N–H and O–H groups in total. The van der Waals surface area contributed by atoms with Gasteiger partial charge in [0.1, 0.15) is 12.2 Å². The van der Waals surface area contributed by atoms with Gasteiger partial charge >= 0.3 is 6.09 Å². The molecule has 1 aromatic rings. The standard InChI is InChI=1S/C27H40N2O5/c1-18(2)10-12-32-26(4,5)24-23(31-6)22(9-11-27(24)17-33-27)34-25(30)29-15-21(16-29)13-20-8-7-19(3)28-14-20/h7-8,10,14,21-24H,9,11-13,15-17H2,1-6H3/t22-,23-,24-,27+/m1/s1. The van der Waals surface area contributed by atoms with E-state index < -0.39 is 5.60 Å². The third kappa shape index (κ3) is 5.47. The zero-order chi connectivity index (χ0) is 24.5. The fourth-order valence-corrected chi connectivity index (χ4v) is 5.60. The van der Waals surface area contributed by atoms with E-state index in [9.17, 15) is 4.79 Å². The number of carbonyl (C=O) groups is 1. The topological polar surface area (TPSA) is 73.4 Å². The van der Waals surface area contributed by atoms with Crippen LogP contribution in [0.3, 0.4) is 0 Å². The number of hydrogen-bond acceptors (Lipinski definition) is 6. The molecule has 34 heavy (non-hydrogen) atoms. The van der Waals surface area contributed by atoms with Gasteiger partial charge in [-0.1, -0.05) is 17.7 Å². The molecule has 0 radical (unpaired) electrons. The molecule has 7 heteroatoms. The highest BCUT2D eigenvalue weighted by atomic mass is 16.6. The van der Waals surface area contributed by atoms with Crippen LogP contribution in [-0.2, 0) is 25.4 Å². The van der Waals surface area contributed by atoms with Crippen LogP contribution >= 0.6 is 0 Å². The van der Waals surface area contributed by atoms with Crippen molar-refractivity contribution in [1.82, 2.24) is 9.88 Å². The van der Waals surface area contributed by atoms with E-state index in [1.165, 1.54) is 11.1 Å². The first-order chi connectivity index (χ1) is 16.1. The van der Waals surface area contributed by atoms with Gasteiger partial charge in [0.15, 0.2) is 0 Å². The Hall–Kier alpha value is -1.96. The van der Waals surface area contributed by atoms with Crippen molar-refractivity contribution >= 4 is 6.09 Å². The first-order valence-corrected chi connectivity index (χ1v) is 12.4. The summed E-state index contributed by atoms with van der Waals surface area (Å²) in [7, 11) is 1.70. The van der Waals surface area contributed by atoms with Crippen LogP contribution in [-0.4, -0.2) is 72.8 Å². The van der Waals surface area contributed by atoms with Crippen molar-refractivity contribution in [3.63, 3.8) is 0 Å². The fourth-order valence-electron chi connectivity index (χ4n) is 5.60.